The molecule has 1 aliphatic rings. The third-order valence-corrected chi connectivity index (χ3v) is 5.20. The van der Waals surface area contributed by atoms with Crippen molar-refractivity contribution in [2.45, 2.75) is 13.5 Å². The lowest BCUT2D eigenvalue weighted by molar-refractivity contribution is -0.117. The molecule has 1 N–H and O–H groups in total. The molecule has 0 radical (unpaired) electrons. The van der Waals surface area contributed by atoms with Crippen molar-refractivity contribution in [3.05, 3.63) is 60.0 Å². The van der Waals surface area contributed by atoms with E-state index >= 15 is 0 Å². The molecule has 2 aromatic carbocycles. The summed E-state index contributed by atoms with van der Waals surface area (Å²) in [7, 11) is 1.85. The summed E-state index contributed by atoms with van der Waals surface area (Å²) in [6.45, 7) is 5.88. The van der Waals surface area contributed by atoms with Crippen LogP contribution in [0.4, 0.5) is 11.4 Å². The van der Waals surface area contributed by atoms with Gasteiger partial charge in [0, 0.05) is 30.0 Å². The number of hydrogen-bond acceptors (Lipinski definition) is 7. The molecular formula is C23H27N5O3. The summed E-state index contributed by atoms with van der Waals surface area (Å²) < 4.78 is 10.8. The first-order valence-corrected chi connectivity index (χ1v) is 10.4. The van der Waals surface area contributed by atoms with Gasteiger partial charge in [0.25, 0.3) is 0 Å². The molecule has 162 valence electrons. The van der Waals surface area contributed by atoms with Crippen LogP contribution in [-0.4, -0.2) is 60.8 Å². The van der Waals surface area contributed by atoms with Gasteiger partial charge in [-0.15, -0.1) is 0 Å². The van der Waals surface area contributed by atoms with Crippen LogP contribution in [0, 0.1) is 6.92 Å². The quantitative estimate of drug-likeness (QED) is 0.628. The number of rotatable bonds is 7. The summed E-state index contributed by atoms with van der Waals surface area (Å²) in [4.78, 5) is 21.0. The first-order valence-electron chi connectivity index (χ1n) is 10.4. The first-order chi connectivity index (χ1) is 15.1. The van der Waals surface area contributed by atoms with Crippen molar-refractivity contribution in [2.24, 2.45) is 0 Å². The van der Waals surface area contributed by atoms with Gasteiger partial charge >= 0.3 is 0 Å². The Morgan fingerprint density at radius 2 is 1.87 bits per heavy atom. The van der Waals surface area contributed by atoms with Gasteiger partial charge in [-0.25, -0.2) is 0 Å². The van der Waals surface area contributed by atoms with E-state index in [1.807, 2.05) is 67.4 Å². The van der Waals surface area contributed by atoms with Crippen LogP contribution >= 0.6 is 0 Å². The van der Waals surface area contributed by atoms with Crippen LogP contribution < -0.4 is 10.2 Å². The normalized spacial score (nSPS) is 14.1. The highest BCUT2D eigenvalue weighted by molar-refractivity contribution is 5.92. The monoisotopic (exact) mass is 421 g/mol. The highest BCUT2D eigenvalue weighted by atomic mass is 16.5. The zero-order chi connectivity index (χ0) is 21.6. The summed E-state index contributed by atoms with van der Waals surface area (Å²) in [5.41, 5.74) is 3.94. The van der Waals surface area contributed by atoms with E-state index in [4.69, 9.17) is 9.26 Å². The molecule has 3 aromatic rings. The minimum Gasteiger partial charge on any atom is -0.378 e. The van der Waals surface area contributed by atoms with Crippen molar-refractivity contribution in [2.75, 3.05) is 50.1 Å². The molecule has 4 rings (SSSR count). The topological polar surface area (TPSA) is 83.7 Å². The number of aromatic nitrogens is 2. The molecule has 1 amide bonds. The summed E-state index contributed by atoms with van der Waals surface area (Å²) in [6.07, 6.45) is 0. The van der Waals surface area contributed by atoms with Crippen molar-refractivity contribution in [3.8, 4) is 11.4 Å². The number of benzene rings is 2. The van der Waals surface area contributed by atoms with E-state index in [0.717, 1.165) is 48.8 Å². The molecule has 0 bridgehead atoms. The summed E-state index contributed by atoms with van der Waals surface area (Å²) in [5, 5.41) is 7.01. The number of morpholine rings is 1. The van der Waals surface area contributed by atoms with Crippen LogP contribution in [-0.2, 0) is 16.1 Å². The number of anilines is 2. The lowest BCUT2D eigenvalue weighted by Gasteiger charge is -2.28. The SMILES string of the molecule is Cc1ccccc1-c1noc(CN(C)CC(=O)Nc2ccc(N3CCOCC3)cc2)n1. The predicted molar refractivity (Wildman–Crippen MR) is 119 cm³/mol. The van der Waals surface area contributed by atoms with Gasteiger partial charge in [0.15, 0.2) is 0 Å². The van der Waals surface area contributed by atoms with Gasteiger partial charge in [-0.2, -0.15) is 4.98 Å². The second kappa shape index (κ2) is 9.72. The summed E-state index contributed by atoms with van der Waals surface area (Å²) in [6, 6.07) is 15.8. The average Bonchev–Trinajstić information content (AvgIpc) is 3.23. The van der Waals surface area contributed by atoms with E-state index in [2.05, 4.69) is 20.4 Å². The van der Waals surface area contributed by atoms with Gasteiger partial charge in [-0.1, -0.05) is 29.4 Å². The molecule has 1 aromatic heterocycles. The lowest BCUT2D eigenvalue weighted by atomic mass is 10.1. The van der Waals surface area contributed by atoms with Crippen LogP contribution in [0.3, 0.4) is 0 Å². The predicted octanol–water partition coefficient (Wildman–Crippen LogP) is 2.95. The van der Waals surface area contributed by atoms with E-state index in [0.29, 0.717) is 18.3 Å². The average molecular weight is 422 g/mol. The highest BCUT2D eigenvalue weighted by Crippen LogP contribution is 2.21. The smallest absolute Gasteiger partial charge is 0.241 e. The standard InChI is InChI=1S/C23H27N5O3/c1-17-5-3-4-6-20(17)23-25-22(31-26-23)16-27(2)15-21(29)24-18-7-9-19(10-8-18)28-11-13-30-14-12-28/h3-10H,11-16H2,1-2H3,(H,24,29). The number of likely N-dealkylation sites (N-methyl/N-ethyl adjacent to an activating group) is 1. The number of nitrogens with one attached hydrogen (secondary N) is 1. The third-order valence-electron chi connectivity index (χ3n) is 5.20. The molecule has 0 aliphatic carbocycles. The molecule has 1 saturated heterocycles. The molecule has 8 nitrogen and oxygen atoms in total. The van der Waals surface area contributed by atoms with Crippen LogP contribution in [0.1, 0.15) is 11.5 Å². The number of carbonyl (C=O) groups excluding carboxylic acids is 1. The molecule has 0 unspecified atom stereocenters. The van der Waals surface area contributed by atoms with Crippen LogP contribution in [0.15, 0.2) is 53.1 Å². The fourth-order valence-electron chi connectivity index (χ4n) is 3.56. The van der Waals surface area contributed by atoms with Gasteiger partial charge in [0.2, 0.25) is 17.6 Å². The van der Waals surface area contributed by atoms with Crippen LogP contribution in [0.5, 0.6) is 0 Å². The Kier molecular flexibility index (Phi) is 6.59. The Hall–Kier alpha value is -3.23. The van der Waals surface area contributed by atoms with Crippen molar-refractivity contribution in [1.29, 1.82) is 0 Å². The Morgan fingerprint density at radius 1 is 1.13 bits per heavy atom. The number of aryl methyl sites for hydroxylation is 1. The molecule has 8 heteroatoms. The van der Waals surface area contributed by atoms with Crippen molar-refractivity contribution in [3.63, 3.8) is 0 Å². The molecule has 0 spiro atoms. The Morgan fingerprint density at radius 3 is 2.61 bits per heavy atom. The van der Waals surface area contributed by atoms with Gasteiger partial charge in [-0.3, -0.25) is 9.69 Å². The molecule has 0 saturated carbocycles. The van der Waals surface area contributed by atoms with Gasteiger partial charge < -0.3 is 19.5 Å². The summed E-state index contributed by atoms with van der Waals surface area (Å²) in [5.74, 6) is 0.940. The largest absolute Gasteiger partial charge is 0.378 e. The zero-order valence-electron chi connectivity index (χ0n) is 17.9. The van der Waals surface area contributed by atoms with E-state index in [1.54, 1.807) is 0 Å². The second-order valence-corrected chi connectivity index (χ2v) is 7.69. The van der Waals surface area contributed by atoms with E-state index < -0.39 is 0 Å². The summed E-state index contributed by atoms with van der Waals surface area (Å²) >= 11 is 0. The van der Waals surface area contributed by atoms with Crippen molar-refractivity contribution in [1.82, 2.24) is 15.0 Å². The number of hydrogen-bond donors (Lipinski definition) is 1. The van der Waals surface area contributed by atoms with Crippen LogP contribution in [0.2, 0.25) is 0 Å². The minimum atomic E-state index is -0.0970. The molecule has 31 heavy (non-hydrogen) atoms. The van der Waals surface area contributed by atoms with Crippen molar-refractivity contribution < 1.29 is 14.1 Å². The van der Waals surface area contributed by atoms with E-state index in [1.165, 1.54) is 0 Å². The first kappa shape index (κ1) is 21.0. The number of amides is 1. The maximum Gasteiger partial charge on any atom is 0.241 e. The molecular weight excluding hydrogens is 394 g/mol. The molecule has 1 fully saturated rings. The molecule has 1 aliphatic heterocycles. The maximum absolute atomic E-state index is 12.4. The van der Waals surface area contributed by atoms with Gasteiger partial charge in [0.1, 0.15) is 0 Å². The maximum atomic E-state index is 12.4. The highest BCUT2D eigenvalue weighted by Gasteiger charge is 2.15. The van der Waals surface area contributed by atoms with Crippen molar-refractivity contribution >= 4 is 17.3 Å². The zero-order valence-corrected chi connectivity index (χ0v) is 17.9. The fourth-order valence-corrected chi connectivity index (χ4v) is 3.56. The van der Waals surface area contributed by atoms with Gasteiger partial charge in [-0.05, 0) is 43.8 Å². The fraction of sp³-hybridized carbons (Fsp3) is 0.348. The number of nitrogens with zero attached hydrogens (tertiary/aromatic N) is 4. The van der Waals surface area contributed by atoms with Crippen LogP contribution in [0.25, 0.3) is 11.4 Å². The lowest BCUT2D eigenvalue weighted by Crippen LogP contribution is -2.36. The second-order valence-electron chi connectivity index (χ2n) is 7.69. The Bertz CT molecular complexity index is 1010. The third kappa shape index (κ3) is 5.48. The van der Waals surface area contributed by atoms with Gasteiger partial charge in [0.05, 0.1) is 26.3 Å². The van der Waals surface area contributed by atoms with E-state index in [-0.39, 0.29) is 12.5 Å². The van der Waals surface area contributed by atoms with E-state index in [9.17, 15) is 4.79 Å². The molecule has 0 atom stereocenters. The minimum absolute atomic E-state index is 0.0970. The Balaban J connectivity index is 1.28. The number of carbonyl (C=O) groups is 1. The Labute approximate surface area is 181 Å². The molecule has 2 heterocycles. The number of ether oxygens (including phenoxy) is 1.